The Balaban J connectivity index is 1.87. The first-order valence-corrected chi connectivity index (χ1v) is 10.9. The summed E-state index contributed by atoms with van der Waals surface area (Å²) in [5.41, 5.74) is 10.1. The van der Waals surface area contributed by atoms with Gasteiger partial charge in [-0.25, -0.2) is 0 Å². The molecule has 0 fully saturated rings. The first-order valence-electron chi connectivity index (χ1n) is 10.9. The highest BCUT2D eigenvalue weighted by Gasteiger charge is 2.35. The van der Waals surface area contributed by atoms with Crippen molar-refractivity contribution in [3.63, 3.8) is 0 Å². The second-order valence-corrected chi connectivity index (χ2v) is 8.48. The first kappa shape index (κ1) is 20.6. The number of fused-ring (bicyclic) bond motifs is 3. The van der Waals surface area contributed by atoms with E-state index in [1.54, 1.807) is 4.57 Å². The van der Waals surface area contributed by atoms with Crippen LogP contribution in [0, 0.1) is 11.3 Å². The lowest BCUT2D eigenvalue weighted by molar-refractivity contribution is 0.396. The van der Waals surface area contributed by atoms with E-state index in [0.29, 0.717) is 17.2 Å². The molecule has 5 nitrogen and oxygen atoms in total. The predicted octanol–water partition coefficient (Wildman–Crippen LogP) is 5.33. The van der Waals surface area contributed by atoms with Gasteiger partial charge in [0.1, 0.15) is 17.4 Å². The Morgan fingerprint density at radius 3 is 2.30 bits per heavy atom. The largest absolute Gasteiger partial charge is 0.439 e. The SMILES string of the molecule is CC(C)c1ccc([C@H]2C(C#N)=C(N)Oc3c2c(=O)n(-c2ccccc2)c2ccccc32)cc1. The Morgan fingerprint density at radius 2 is 1.64 bits per heavy atom. The smallest absolute Gasteiger partial charge is 0.263 e. The van der Waals surface area contributed by atoms with Crippen molar-refractivity contribution in [1.29, 1.82) is 5.26 Å². The molecule has 2 heterocycles. The van der Waals surface area contributed by atoms with Crippen LogP contribution in [0.15, 0.2) is 95.1 Å². The van der Waals surface area contributed by atoms with Gasteiger partial charge in [0.25, 0.3) is 5.56 Å². The van der Waals surface area contributed by atoms with Crippen LogP contribution in [0.3, 0.4) is 0 Å². The Bertz CT molecular complexity index is 1490. The third-order valence-electron chi connectivity index (χ3n) is 6.19. The molecule has 2 N–H and O–H groups in total. The number of nitrogens with two attached hydrogens (primary N) is 1. The van der Waals surface area contributed by atoms with Gasteiger partial charge in [0.05, 0.1) is 17.0 Å². The summed E-state index contributed by atoms with van der Waals surface area (Å²) >= 11 is 0. The topological polar surface area (TPSA) is 81.0 Å². The van der Waals surface area contributed by atoms with Crippen molar-refractivity contribution in [3.05, 3.63) is 117 Å². The van der Waals surface area contributed by atoms with Crippen molar-refractivity contribution in [1.82, 2.24) is 4.57 Å². The molecule has 0 amide bonds. The summed E-state index contributed by atoms with van der Waals surface area (Å²) < 4.78 is 7.64. The maximum absolute atomic E-state index is 14.1. The highest BCUT2D eigenvalue weighted by Crippen LogP contribution is 2.44. The number of rotatable bonds is 3. The molecule has 5 rings (SSSR count). The number of aromatic nitrogens is 1. The average molecular weight is 434 g/mol. The maximum atomic E-state index is 14.1. The van der Waals surface area contributed by atoms with E-state index in [1.807, 2.05) is 78.9 Å². The lowest BCUT2D eigenvalue weighted by Gasteiger charge is -2.28. The molecule has 1 aromatic heterocycles. The van der Waals surface area contributed by atoms with Gasteiger partial charge < -0.3 is 10.5 Å². The van der Waals surface area contributed by atoms with Gasteiger partial charge in [0.2, 0.25) is 5.88 Å². The van der Waals surface area contributed by atoms with Gasteiger partial charge in [0.15, 0.2) is 0 Å². The average Bonchev–Trinajstić information content (AvgIpc) is 2.84. The molecule has 162 valence electrons. The van der Waals surface area contributed by atoms with E-state index in [4.69, 9.17) is 10.5 Å². The molecule has 1 atom stereocenters. The minimum absolute atomic E-state index is 0.0324. The fourth-order valence-corrected chi connectivity index (χ4v) is 4.51. The van der Waals surface area contributed by atoms with E-state index in [9.17, 15) is 10.1 Å². The number of para-hydroxylation sites is 2. The molecule has 3 aromatic carbocycles. The molecule has 0 radical (unpaired) electrons. The number of nitrogens with zero attached hydrogens (tertiary/aromatic N) is 2. The lowest BCUT2D eigenvalue weighted by Crippen LogP contribution is -2.31. The van der Waals surface area contributed by atoms with Gasteiger partial charge >= 0.3 is 0 Å². The zero-order valence-electron chi connectivity index (χ0n) is 18.4. The van der Waals surface area contributed by atoms with Crippen molar-refractivity contribution in [2.24, 2.45) is 5.73 Å². The fraction of sp³-hybridized carbons (Fsp3) is 0.143. The Labute approximate surface area is 192 Å². The summed E-state index contributed by atoms with van der Waals surface area (Å²) in [7, 11) is 0. The summed E-state index contributed by atoms with van der Waals surface area (Å²) in [4.78, 5) is 14.1. The summed E-state index contributed by atoms with van der Waals surface area (Å²) in [6.45, 7) is 4.25. The van der Waals surface area contributed by atoms with Gasteiger partial charge in [-0.05, 0) is 41.3 Å². The van der Waals surface area contributed by atoms with Crippen LogP contribution < -0.4 is 16.0 Å². The number of pyridine rings is 1. The highest BCUT2D eigenvalue weighted by atomic mass is 16.5. The molecular formula is C28H23N3O2. The predicted molar refractivity (Wildman–Crippen MR) is 129 cm³/mol. The van der Waals surface area contributed by atoms with Gasteiger partial charge in [-0.1, -0.05) is 68.4 Å². The van der Waals surface area contributed by atoms with E-state index >= 15 is 0 Å². The Hall–Kier alpha value is -4.30. The summed E-state index contributed by atoms with van der Waals surface area (Å²) in [5.74, 6) is 0.200. The molecule has 1 aliphatic heterocycles. The van der Waals surface area contributed by atoms with Gasteiger partial charge in [-0.2, -0.15) is 5.26 Å². The molecule has 0 bridgehead atoms. The third kappa shape index (κ3) is 3.28. The molecule has 0 saturated heterocycles. The summed E-state index contributed by atoms with van der Waals surface area (Å²) in [6.07, 6.45) is 0. The Morgan fingerprint density at radius 1 is 0.970 bits per heavy atom. The standard InChI is InChI=1S/C28H23N3O2/c1-17(2)18-12-14-19(15-13-18)24-22(16-29)27(30)33-26-21-10-6-7-11-23(21)31(28(32)25(24)26)20-8-4-3-5-9-20/h3-15,17,24H,30H2,1-2H3/t24-/m0/s1. The van der Waals surface area contributed by atoms with E-state index in [2.05, 4.69) is 19.9 Å². The molecule has 5 heteroatoms. The minimum Gasteiger partial charge on any atom is -0.439 e. The third-order valence-corrected chi connectivity index (χ3v) is 6.19. The monoisotopic (exact) mass is 433 g/mol. The van der Waals surface area contributed by atoms with Gasteiger partial charge in [-0.3, -0.25) is 9.36 Å². The normalized spacial score (nSPS) is 15.3. The quantitative estimate of drug-likeness (QED) is 0.473. The van der Waals surface area contributed by atoms with E-state index in [-0.39, 0.29) is 17.0 Å². The van der Waals surface area contributed by atoms with Gasteiger partial charge in [0, 0.05) is 11.1 Å². The van der Waals surface area contributed by atoms with Crippen LogP contribution in [0.5, 0.6) is 5.75 Å². The van der Waals surface area contributed by atoms with Crippen LogP contribution in [-0.4, -0.2) is 4.57 Å². The zero-order chi connectivity index (χ0) is 23.1. The van der Waals surface area contributed by atoms with E-state index < -0.39 is 5.92 Å². The maximum Gasteiger partial charge on any atom is 0.263 e. The number of hydrogen-bond donors (Lipinski definition) is 1. The zero-order valence-corrected chi connectivity index (χ0v) is 18.4. The van der Waals surface area contributed by atoms with Crippen LogP contribution in [0.2, 0.25) is 0 Å². The second kappa shape index (κ2) is 7.99. The molecule has 0 saturated carbocycles. The molecule has 4 aromatic rings. The van der Waals surface area contributed by atoms with Crippen molar-refractivity contribution < 1.29 is 4.74 Å². The van der Waals surface area contributed by atoms with Crippen molar-refractivity contribution in [3.8, 4) is 17.5 Å². The highest BCUT2D eigenvalue weighted by molar-refractivity contribution is 5.89. The molecule has 0 aliphatic carbocycles. The van der Waals surface area contributed by atoms with Gasteiger partial charge in [-0.15, -0.1) is 0 Å². The summed E-state index contributed by atoms with van der Waals surface area (Å²) in [5, 5.41) is 10.7. The minimum atomic E-state index is -0.618. The molecule has 0 unspecified atom stereocenters. The lowest BCUT2D eigenvalue weighted by atomic mass is 9.82. The Kier molecular flexibility index (Phi) is 4.99. The van der Waals surface area contributed by atoms with Crippen molar-refractivity contribution in [2.45, 2.75) is 25.7 Å². The first-order chi connectivity index (χ1) is 16.0. The number of ether oxygens (including phenoxy) is 1. The molecular weight excluding hydrogens is 410 g/mol. The number of allylic oxidation sites excluding steroid dienone is 1. The number of nitriles is 1. The van der Waals surface area contributed by atoms with Crippen LogP contribution in [-0.2, 0) is 0 Å². The summed E-state index contributed by atoms with van der Waals surface area (Å²) in [6, 6.07) is 27.3. The number of hydrogen-bond acceptors (Lipinski definition) is 4. The number of benzene rings is 3. The van der Waals surface area contributed by atoms with Crippen LogP contribution >= 0.6 is 0 Å². The van der Waals surface area contributed by atoms with Crippen LogP contribution in [0.25, 0.3) is 16.6 Å². The molecule has 1 aliphatic rings. The van der Waals surface area contributed by atoms with Crippen LogP contribution in [0.1, 0.15) is 42.4 Å². The van der Waals surface area contributed by atoms with E-state index in [0.717, 1.165) is 22.2 Å². The molecule has 33 heavy (non-hydrogen) atoms. The second-order valence-electron chi connectivity index (χ2n) is 8.48. The van der Waals surface area contributed by atoms with Crippen molar-refractivity contribution in [2.75, 3.05) is 0 Å². The van der Waals surface area contributed by atoms with E-state index in [1.165, 1.54) is 5.56 Å². The molecule has 0 spiro atoms. The van der Waals surface area contributed by atoms with Crippen LogP contribution in [0.4, 0.5) is 0 Å². The fourth-order valence-electron chi connectivity index (χ4n) is 4.51. The van der Waals surface area contributed by atoms with Crippen molar-refractivity contribution >= 4 is 10.9 Å².